The number of nitrogens with one attached hydrogen (secondary N) is 1. The maximum atomic E-state index is 12.3. The third-order valence-electron chi connectivity index (χ3n) is 5.43. The Hall–Kier alpha value is -3.09. The zero-order chi connectivity index (χ0) is 21.7. The number of anilines is 2. The van der Waals surface area contributed by atoms with E-state index in [1.54, 1.807) is 12.1 Å². The van der Waals surface area contributed by atoms with Crippen molar-refractivity contribution < 1.29 is 9.72 Å². The molecule has 0 spiro atoms. The Labute approximate surface area is 177 Å². The molecule has 0 radical (unpaired) electrons. The summed E-state index contributed by atoms with van der Waals surface area (Å²) in [6, 6.07) is 15.0. The molecule has 1 atom stereocenters. The quantitative estimate of drug-likeness (QED) is 0.538. The second-order valence-corrected chi connectivity index (χ2v) is 8.20. The van der Waals surface area contributed by atoms with Gasteiger partial charge in [0.05, 0.1) is 4.92 Å². The molecule has 2 aromatic carbocycles. The summed E-state index contributed by atoms with van der Waals surface area (Å²) in [7, 11) is 0. The van der Waals surface area contributed by atoms with Gasteiger partial charge in [0.2, 0.25) is 5.91 Å². The zero-order valence-electron chi connectivity index (χ0n) is 17.9. The number of benzene rings is 2. The van der Waals surface area contributed by atoms with Crippen LogP contribution in [0.3, 0.4) is 0 Å². The van der Waals surface area contributed by atoms with Crippen molar-refractivity contribution in [2.75, 3.05) is 36.4 Å². The SMILES string of the molecule is CC(C)CC(=O)N1CCN(c2ccc([N+](=O)[O-])c(N[C@H](C)c3ccccc3)c2)CC1. The van der Waals surface area contributed by atoms with Crippen molar-refractivity contribution in [3.63, 3.8) is 0 Å². The van der Waals surface area contributed by atoms with E-state index in [2.05, 4.69) is 24.1 Å². The van der Waals surface area contributed by atoms with Crippen molar-refractivity contribution in [3.05, 3.63) is 64.2 Å². The molecule has 1 amide bonds. The monoisotopic (exact) mass is 410 g/mol. The molecule has 1 heterocycles. The number of carbonyl (C=O) groups excluding carboxylic acids is 1. The highest BCUT2D eigenvalue weighted by Crippen LogP contribution is 2.32. The normalized spacial score (nSPS) is 15.2. The van der Waals surface area contributed by atoms with E-state index in [1.807, 2.05) is 48.2 Å². The fourth-order valence-corrected chi connectivity index (χ4v) is 3.75. The molecule has 1 N–H and O–H groups in total. The van der Waals surface area contributed by atoms with Gasteiger partial charge in [0.1, 0.15) is 5.69 Å². The van der Waals surface area contributed by atoms with Crippen molar-refractivity contribution in [1.29, 1.82) is 0 Å². The topological polar surface area (TPSA) is 78.7 Å². The van der Waals surface area contributed by atoms with Crippen LogP contribution in [0.25, 0.3) is 0 Å². The van der Waals surface area contributed by atoms with E-state index in [1.165, 1.54) is 0 Å². The van der Waals surface area contributed by atoms with Gasteiger partial charge in [0.15, 0.2) is 0 Å². The number of hydrogen-bond donors (Lipinski definition) is 1. The van der Waals surface area contributed by atoms with Crippen LogP contribution in [-0.4, -0.2) is 41.9 Å². The predicted molar refractivity (Wildman–Crippen MR) is 120 cm³/mol. The minimum atomic E-state index is -0.355. The first kappa shape index (κ1) is 21.6. The van der Waals surface area contributed by atoms with Gasteiger partial charge in [-0.2, -0.15) is 0 Å². The Morgan fingerprint density at radius 3 is 2.33 bits per heavy atom. The molecule has 1 aliphatic heterocycles. The summed E-state index contributed by atoms with van der Waals surface area (Å²) < 4.78 is 0. The first-order chi connectivity index (χ1) is 14.3. The zero-order valence-corrected chi connectivity index (χ0v) is 17.9. The van der Waals surface area contributed by atoms with Gasteiger partial charge >= 0.3 is 0 Å². The smallest absolute Gasteiger partial charge is 0.292 e. The van der Waals surface area contributed by atoms with Crippen LogP contribution in [-0.2, 0) is 4.79 Å². The van der Waals surface area contributed by atoms with Gasteiger partial charge in [-0.05, 0) is 30.5 Å². The van der Waals surface area contributed by atoms with E-state index in [-0.39, 0.29) is 22.6 Å². The van der Waals surface area contributed by atoms with Crippen LogP contribution in [0.15, 0.2) is 48.5 Å². The van der Waals surface area contributed by atoms with Gasteiger partial charge in [-0.15, -0.1) is 0 Å². The Morgan fingerprint density at radius 1 is 1.07 bits per heavy atom. The number of nitro benzene ring substituents is 1. The third-order valence-corrected chi connectivity index (χ3v) is 5.43. The first-order valence-corrected chi connectivity index (χ1v) is 10.5. The lowest BCUT2D eigenvalue weighted by molar-refractivity contribution is -0.384. The van der Waals surface area contributed by atoms with Crippen molar-refractivity contribution in [3.8, 4) is 0 Å². The molecule has 1 aliphatic rings. The van der Waals surface area contributed by atoms with Crippen LogP contribution < -0.4 is 10.2 Å². The van der Waals surface area contributed by atoms with Crippen LogP contribution >= 0.6 is 0 Å². The lowest BCUT2D eigenvalue weighted by atomic mass is 10.1. The van der Waals surface area contributed by atoms with Crippen LogP contribution in [0.1, 0.15) is 38.8 Å². The number of hydrogen-bond acceptors (Lipinski definition) is 5. The van der Waals surface area contributed by atoms with E-state index < -0.39 is 0 Å². The fraction of sp³-hybridized carbons (Fsp3) is 0.435. The number of rotatable bonds is 7. The molecule has 160 valence electrons. The van der Waals surface area contributed by atoms with Crippen LogP contribution in [0.4, 0.5) is 17.1 Å². The number of amides is 1. The van der Waals surface area contributed by atoms with Gasteiger partial charge in [-0.25, -0.2) is 0 Å². The average molecular weight is 411 g/mol. The Morgan fingerprint density at radius 2 is 1.73 bits per heavy atom. The molecule has 7 heteroatoms. The predicted octanol–water partition coefficient (Wildman–Crippen LogP) is 4.46. The fourth-order valence-electron chi connectivity index (χ4n) is 3.75. The van der Waals surface area contributed by atoms with E-state index in [0.717, 1.165) is 24.3 Å². The van der Waals surface area contributed by atoms with Gasteiger partial charge in [-0.1, -0.05) is 44.2 Å². The first-order valence-electron chi connectivity index (χ1n) is 10.5. The molecule has 0 bridgehead atoms. The molecule has 30 heavy (non-hydrogen) atoms. The van der Waals surface area contributed by atoms with Crippen molar-refractivity contribution in [2.24, 2.45) is 5.92 Å². The summed E-state index contributed by atoms with van der Waals surface area (Å²) in [4.78, 5) is 27.6. The Balaban J connectivity index is 1.73. The van der Waals surface area contributed by atoms with Crippen LogP contribution in [0.5, 0.6) is 0 Å². The minimum Gasteiger partial charge on any atom is -0.373 e. The molecule has 7 nitrogen and oxygen atoms in total. The molecule has 0 saturated carbocycles. The van der Waals surface area contributed by atoms with Crippen molar-refractivity contribution >= 4 is 23.0 Å². The number of nitrogens with zero attached hydrogens (tertiary/aromatic N) is 3. The standard InChI is InChI=1S/C23H30N4O3/c1-17(2)15-23(28)26-13-11-25(12-14-26)20-9-10-22(27(29)30)21(16-20)24-18(3)19-7-5-4-6-8-19/h4-10,16-18,24H,11-15H2,1-3H3/t18-/m1/s1. The molecular weight excluding hydrogens is 380 g/mol. The van der Waals surface area contributed by atoms with Crippen LogP contribution in [0.2, 0.25) is 0 Å². The second-order valence-electron chi connectivity index (χ2n) is 8.20. The number of piperazine rings is 1. The largest absolute Gasteiger partial charge is 0.373 e. The molecule has 3 rings (SSSR count). The maximum absolute atomic E-state index is 12.3. The summed E-state index contributed by atoms with van der Waals surface area (Å²) in [5, 5.41) is 14.8. The van der Waals surface area contributed by atoms with Gasteiger partial charge in [-0.3, -0.25) is 14.9 Å². The lowest BCUT2D eigenvalue weighted by Gasteiger charge is -2.36. The molecule has 1 saturated heterocycles. The molecule has 0 unspecified atom stereocenters. The second kappa shape index (κ2) is 9.61. The summed E-state index contributed by atoms with van der Waals surface area (Å²) in [6.45, 7) is 8.87. The third kappa shape index (κ3) is 5.28. The highest BCUT2D eigenvalue weighted by atomic mass is 16.6. The van der Waals surface area contributed by atoms with E-state index in [0.29, 0.717) is 31.1 Å². The van der Waals surface area contributed by atoms with Gasteiger partial charge in [0, 0.05) is 50.4 Å². The molecule has 0 aromatic heterocycles. The van der Waals surface area contributed by atoms with Crippen molar-refractivity contribution in [1.82, 2.24) is 4.90 Å². The van der Waals surface area contributed by atoms with Crippen molar-refractivity contribution in [2.45, 2.75) is 33.2 Å². The van der Waals surface area contributed by atoms with Gasteiger partial charge < -0.3 is 15.1 Å². The summed E-state index contributed by atoms with van der Waals surface area (Å²) >= 11 is 0. The molecule has 2 aromatic rings. The van der Waals surface area contributed by atoms with Gasteiger partial charge in [0.25, 0.3) is 5.69 Å². The molecular formula is C23H30N4O3. The van der Waals surface area contributed by atoms with Crippen LogP contribution in [0, 0.1) is 16.0 Å². The van der Waals surface area contributed by atoms with E-state index in [4.69, 9.17) is 0 Å². The molecule has 1 fully saturated rings. The Kier molecular flexibility index (Phi) is 6.92. The molecule has 0 aliphatic carbocycles. The number of carbonyl (C=O) groups is 1. The van der Waals surface area contributed by atoms with E-state index in [9.17, 15) is 14.9 Å². The van der Waals surface area contributed by atoms with E-state index >= 15 is 0 Å². The number of nitro groups is 1. The summed E-state index contributed by atoms with van der Waals surface area (Å²) in [6.07, 6.45) is 0.572. The Bertz CT molecular complexity index is 877. The highest BCUT2D eigenvalue weighted by molar-refractivity contribution is 5.77. The average Bonchev–Trinajstić information content (AvgIpc) is 2.73. The highest BCUT2D eigenvalue weighted by Gasteiger charge is 2.24. The summed E-state index contributed by atoms with van der Waals surface area (Å²) in [5.74, 6) is 0.554. The minimum absolute atomic E-state index is 0.0623. The maximum Gasteiger partial charge on any atom is 0.292 e. The lowest BCUT2D eigenvalue weighted by Crippen LogP contribution is -2.49. The summed E-state index contributed by atoms with van der Waals surface area (Å²) in [5.41, 5.74) is 2.56.